The third kappa shape index (κ3) is 0.896. The highest BCUT2D eigenvalue weighted by Gasteiger charge is 2.08. The third-order valence-electron chi connectivity index (χ3n) is 1.38. The monoisotopic (exact) mass is 127 g/mol. The molecule has 0 unspecified atom stereocenters. The van der Waals surface area contributed by atoms with E-state index in [1.165, 1.54) is 0 Å². The lowest BCUT2D eigenvalue weighted by molar-refractivity contribution is -0.677. The van der Waals surface area contributed by atoms with Crippen molar-refractivity contribution in [2.45, 2.75) is 13.5 Å². The molecule has 1 aromatic heterocycles. The van der Waals surface area contributed by atoms with Crippen LogP contribution >= 0.6 is 0 Å². The van der Waals surface area contributed by atoms with Gasteiger partial charge in [-0.2, -0.15) is 4.57 Å². The molecule has 50 valence electrons. The normalized spacial score (nSPS) is 10.0. The number of hydrogen-bond acceptors (Lipinski definition) is 1. The summed E-state index contributed by atoms with van der Waals surface area (Å²) in [4.78, 5) is 0. The molecule has 1 aromatic rings. The van der Waals surface area contributed by atoms with Crippen LogP contribution in [-0.2, 0) is 13.6 Å². The van der Waals surface area contributed by atoms with Gasteiger partial charge in [0.15, 0.2) is 0 Å². The zero-order valence-electron chi connectivity index (χ0n) is 5.70. The van der Waals surface area contributed by atoms with Crippen molar-refractivity contribution in [3.8, 4) is 6.01 Å². The van der Waals surface area contributed by atoms with Crippen LogP contribution in [0, 0.1) is 0 Å². The maximum atomic E-state index is 9.16. The Morgan fingerprint density at radius 2 is 2.44 bits per heavy atom. The summed E-state index contributed by atoms with van der Waals surface area (Å²) in [5, 5.41) is 9.16. The number of rotatable bonds is 1. The van der Waals surface area contributed by atoms with Gasteiger partial charge in [-0.05, 0) is 6.92 Å². The lowest BCUT2D eigenvalue weighted by atomic mass is 10.7. The summed E-state index contributed by atoms with van der Waals surface area (Å²) in [6.45, 7) is 2.80. The van der Waals surface area contributed by atoms with Crippen molar-refractivity contribution >= 4 is 0 Å². The van der Waals surface area contributed by atoms with Gasteiger partial charge in [0.2, 0.25) is 0 Å². The van der Waals surface area contributed by atoms with Crippen LogP contribution in [0.2, 0.25) is 0 Å². The second kappa shape index (κ2) is 2.09. The Kier molecular flexibility index (Phi) is 1.42. The van der Waals surface area contributed by atoms with Crippen molar-refractivity contribution < 1.29 is 9.67 Å². The first kappa shape index (κ1) is 6.13. The number of aromatic nitrogens is 2. The van der Waals surface area contributed by atoms with Crippen LogP contribution in [0.4, 0.5) is 0 Å². The molecule has 0 saturated carbocycles. The number of imidazole rings is 1. The zero-order chi connectivity index (χ0) is 6.85. The Bertz CT molecular complexity index is 205. The second-order valence-corrected chi connectivity index (χ2v) is 2.00. The highest BCUT2D eigenvalue weighted by Crippen LogP contribution is 1.99. The molecule has 1 heterocycles. The van der Waals surface area contributed by atoms with Crippen LogP contribution in [0.3, 0.4) is 0 Å². The van der Waals surface area contributed by atoms with Crippen molar-refractivity contribution in [3.63, 3.8) is 0 Å². The summed E-state index contributed by atoms with van der Waals surface area (Å²) < 4.78 is 3.43. The van der Waals surface area contributed by atoms with E-state index in [2.05, 4.69) is 0 Å². The summed E-state index contributed by atoms with van der Waals surface area (Å²) in [6, 6.07) is 0.303. The van der Waals surface area contributed by atoms with E-state index in [4.69, 9.17) is 5.11 Å². The third-order valence-corrected chi connectivity index (χ3v) is 1.38. The Morgan fingerprint density at radius 3 is 2.67 bits per heavy atom. The van der Waals surface area contributed by atoms with E-state index in [1.807, 2.05) is 26.4 Å². The standard InChI is InChI=1S/C6H10N2O/c1-3-8-5-4-7(2)6(8)9/h4-5H,3H2,1-2H3/p+1. The first-order valence-electron chi connectivity index (χ1n) is 2.99. The van der Waals surface area contributed by atoms with Gasteiger partial charge >= 0.3 is 6.01 Å². The fourth-order valence-electron chi connectivity index (χ4n) is 0.763. The van der Waals surface area contributed by atoms with E-state index in [0.29, 0.717) is 6.01 Å². The Hall–Kier alpha value is -0.990. The first-order valence-corrected chi connectivity index (χ1v) is 2.99. The van der Waals surface area contributed by atoms with Gasteiger partial charge in [0.25, 0.3) is 0 Å². The largest absolute Gasteiger partial charge is 0.453 e. The highest BCUT2D eigenvalue weighted by molar-refractivity contribution is 4.84. The van der Waals surface area contributed by atoms with Crippen molar-refractivity contribution in [3.05, 3.63) is 12.4 Å². The van der Waals surface area contributed by atoms with Crippen molar-refractivity contribution in [1.29, 1.82) is 0 Å². The molecule has 0 spiro atoms. The summed E-state index contributed by atoms with van der Waals surface area (Å²) in [5.74, 6) is 0. The molecule has 0 aliphatic heterocycles. The van der Waals surface area contributed by atoms with Gasteiger partial charge in [-0.15, -0.1) is 0 Å². The second-order valence-electron chi connectivity index (χ2n) is 2.00. The molecule has 0 bridgehead atoms. The van der Waals surface area contributed by atoms with Crippen molar-refractivity contribution in [1.82, 2.24) is 4.57 Å². The van der Waals surface area contributed by atoms with Gasteiger partial charge in [-0.25, -0.2) is 4.57 Å². The molecular weight excluding hydrogens is 116 g/mol. The highest BCUT2D eigenvalue weighted by atomic mass is 16.3. The average molecular weight is 127 g/mol. The Morgan fingerprint density at radius 1 is 1.78 bits per heavy atom. The number of nitrogens with zero attached hydrogens (tertiary/aromatic N) is 2. The lowest BCUT2D eigenvalue weighted by Gasteiger charge is -1.88. The van der Waals surface area contributed by atoms with Crippen LogP contribution in [0.5, 0.6) is 6.01 Å². The van der Waals surface area contributed by atoms with Crippen molar-refractivity contribution in [2.24, 2.45) is 7.05 Å². The Labute approximate surface area is 54.2 Å². The molecular formula is C6H11N2O+. The lowest BCUT2D eigenvalue weighted by Crippen LogP contribution is -2.25. The molecule has 0 amide bonds. The van der Waals surface area contributed by atoms with Crippen LogP contribution in [0.25, 0.3) is 0 Å². The SMILES string of the molecule is CCn1cc[n+](C)c1O. The van der Waals surface area contributed by atoms with E-state index in [0.717, 1.165) is 6.54 Å². The van der Waals surface area contributed by atoms with Crippen LogP contribution < -0.4 is 4.57 Å². The summed E-state index contributed by atoms with van der Waals surface area (Å²) in [5.41, 5.74) is 0. The fourth-order valence-corrected chi connectivity index (χ4v) is 0.763. The molecule has 1 rings (SSSR count). The minimum absolute atomic E-state index is 0.303. The minimum atomic E-state index is 0.303. The zero-order valence-corrected chi connectivity index (χ0v) is 5.70. The van der Waals surface area contributed by atoms with Crippen molar-refractivity contribution in [2.75, 3.05) is 0 Å². The molecule has 0 radical (unpaired) electrons. The molecule has 0 saturated heterocycles. The molecule has 3 heteroatoms. The molecule has 0 fully saturated rings. The van der Waals surface area contributed by atoms with Gasteiger partial charge in [0.1, 0.15) is 12.4 Å². The quantitative estimate of drug-likeness (QED) is 0.530. The van der Waals surface area contributed by atoms with Gasteiger partial charge < -0.3 is 5.11 Å². The average Bonchev–Trinajstić information content (AvgIpc) is 2.15. The topological polar surface area (TPSA) is 29.0 Å². The molecule has 0 atom stereocenters. The van der Waals surface area contributed by atoms with E-state index in [9.17, 15) is 0 Å². The van der Waals surface area contributed by atoms with E-state index in [-0.39, 0.29) is 0 Å². The van der Waals surface area contributed by atoms with Gasteiger partial charge in [0.05, 0.1) is 13.6 Å². The van der Waals surface area contributed by atoms with Crippen LogP contribution in [-0.4, -0.2) is 9.67 Å². The van der Waals surface area contributed by atoms with Gasteiger partial charge in [0, 0.05) is 0 Å². The molecule has 0 aromatic carbocycles. The first-order chi connectivity index (χ1) is 4.25. The maximum absolute atomic E-state index is 9.16. The van der Waals surface area contributed by atoms with Gasteiger partial charge in [-0.3, -0.25) is 0 Å². The summed E-state index contributed by atoms with van der Waals surface area (Å²) in [7, 11) is 1.81. The predicted molar refractivity (Wildman–Crippen MR) is 32.9 cm³/mol. The smallest absolute Gasteiger partial charge is 0.446 e. The molecule has 1 N–H and O–H groups in total. The summed E-state index contributed by atoms with van der Waals surface area (Å²) >= 11 is 0. The molecule has 0 aliphatic rings. The van der Waals surface area contributed by atoms with E-state index < -0.39 is 0 Å². The molecule has 9 heavy (non-hydrogen) atoms. The molecule has 3 nitrogen and oxygen atoms in total. The predicted octanol–water partition coefficient (Wildman–Crippen LogP) is 0.0381. The number of hydrogen-bond donors (Lipinski definition) is 1. The maximum Gasteiger partial charge on any atom is 0.453 e. The van der Waals surface area contributed by atoms with Crippen LogP contribution in [0.15, 0.2) is 12.4 Å². The number of aromatic hydroxyl groups is 1. The molecule has 0 aliphatic carbocycles. The summed E-state index contributed by atoms with van der Waals surface area (Å²) in [6.07, 6.45) is 3.66. The number of aryl methyl sites for hydroxylation is 2. The minimum Gasteiger partial charge on any atom is -0.446 e. The van der Waals surface area contributed by atoms with E-state index >= 15 is 0 Å². The van der Waals surface area contributed by atoms with Gasteiger partial charge in [-0.1, -0.05) is 0 Å². The Balaban J connectivity index is 3.04. The van der Waals surface area contributed by atoms with E-state index in [1.54, 1.807) is 9.13 Å². The van der Waals surface area contributed by atoms with Crippen LogP contribution in [0.1, 0.15) is 6.92 Å². The fraction of sp³-hybridized carbons (Fsp3) is 0.500.